The summed E-state index contributed by atoms with van der Waals surface area (Å²) in [6, 6.07) is 8.15. The van der Waals surface area contributed by atoms with Gasteiger partial charge in [0.05, 0.1) is 17.1 Å². The van der Waals surface area contributed by atoms with E-state index in [2.05, 4.69) is 15.5 Å². The van der Waals surface area contributed by atoms with E-state index in [1.807, 2.05) is 18.2 Å². The van der Waals surface area contributed by atoms with Crippen molar-refractivity contribution < 1.29 is 23.5 Å². The molecule has 3 aromatic rings. The summed E-state index contributed by atoms with van der Waals surface area (Å²) < 4.78 is 28.9. The number of carbonyl (C=O) groups excluding carboxylic acids is 2. The summed E-state index contributed by atoms with van der Waals surface area (Å²) in [6.45, 7) is 9.28. The van der Waals surface area contributed by atoms with Crippen LogP contribution in [0.4, 0.5) is 14.9 Å². The van der Waals surface area contributed by atoms with Crippen LogP contribution in [-0.4, -0.2) is 77.3 Å². The number of ether oxygens (including phenoxy) is 2. The molecule has 0 radical (unpaired) electrons. The van der Waals surface area contributed by atoms with E-state index in [0.29, 0.717) is 36.5 Å². The van der Waals surface area contributed by atoms with Gasteiger partial charge in [-0.1, -0.05) is 12.1 Å². The Balaban J connectivity index is 1.33. The van der Waals surface area contributed by atoms with E-state index in [1.165, 1.54) is 30.0 Å². The molecule has 2 N–H and O–H groups in total. The number of hydrogen-bond donors (Lipinski definition) is 2. The Bertz CT molecular complexity index is 1610. The van der Waals surface area contributed by atoms with Gasteiger partial charge < -0.3 is 34.5 Å². The van der Waals surface area contributed by atoms with Crippen molar-refractivity contribution in [1.29, 1.82) is 0 Å². The summed E-state index contributed by atoms with van der Waals surface area (Å²) in [6.07, 6.45) is 3.83. The molecular weight excluding hydrogens is 541 g/mol. The number of likely N-dealkylation sites (tertiary alicyclic amines) is 2. The molecule has 2 saturated heterocycles. The van der Waals surface area contributed by atoms with Gasteiger partial charge >= 0.3 is 6.09 Å². The van der Waals surface area contributed by atoms with E-state index in [0.717, 1.165) is 19.6 Å². The molecular formula is C31H36FN5O5. The zero-order valence-corrected chi connectivity index (χ0v) is 24.2. The fraction of sp³-hybridized carbons (Fsp3) is 0.452. The van der Waals surface area contributed by atoms with E-state index < -0.39 is 28.8 Å². The average Bonchev–Trinajstić information content (AvgIpc) is 3.62. The minimum Gasteiger partial charge on any atom is -0.451 e. The topological polar surface area (TPSA) is 105 Å². The van der Waals surface area contributed by atoms with E-state index in [4.69, 9.17) is 9.47 Å². The lowest BCUT2D eigenvalue weighted by Gasteiger charge is -2.27. The highest BCUT2D eigenvalue weighted by Crippen LogP contribution is 2.45. The minimum atomic E-state index is -0.642. The number of rotatable bonds is 6. The monoisotopic (exact) mass is 577 g/mol. The molecule has 3 aliphatic heterocycles. The maximum atomic E-state index is 15.7. The maximum Gasteiger partial charge on any atom is 0.407 e. The number of alkyl carbamates (subject to hydrolysis) is 1. The van der Waals surface area contributed by atoms with Crippen LogP contribution in [0.3, 0.4) is 0 Å². The summed E-state index contributed by atoms with van der Waals surface area (Å²) in [4.78, 5) is 43.6. The van der Waals surface area contributed by atoms with Gasteiger partial charge in [0, 0.05) is 32.4 Å². The molecule has 0 unspecified atom stereocenters. The van der Waals surface area contributed by atoms with Crippen molar-refractivity contribution in [1.82, 2.24) is 19.7 Å². The zero-order valence-electron chi connectivity index (χ0n) is 24.2. The summed E-state index contributed by atoms with van der Waals surface area (Å²) in [5.41, 5.74) is -0.0369. The second-order valence-electron chi connectivity index (χ2n) is 12.1. The van der Waals surface area contributed by atoms with E-state index in [-0.39, 0.29) is 35.0 Å². The molecule has 3 aliphatic rings. The van der Waals surface area contributed by atoms with Gasteiger partial charge in [-0.05, 0) is 71.3 Å². The average molecular weight is 578 g/mol. The van der Waals surface area contributed by atoms with Gasteiger partial charge in [0.1, 0.15) is 22.4 Å². The van der Waals surface area contributed by atoms with Crippen LogP contribution in [0.5, 0.6) is 11.5 Å². The number of halogens is 1. The number of nitrogens with zero attached hydrogens (tertiary/aromatic N) is 3. The molecule has 2 amide bonds. The van der Waals surface area contributed by atoms with Crippen LogP contribution in [0.1, 0.15) is 50.4 Å². The van der Waals surface area contributed by atoms with Crippen molar-refractivity contribution >= 4 is 28.6 Å². The minimum absolute atomic E-state index is 0.0653. The summed E-state index contributed by atoms with van der Waals surface area (Å²) in [5, 5.41) is 6.07. The predicted molar refractivity (Wildman–Crippen MR) is 157 cm³/mol. The van der Waals surface area contributed by atoms with Gasteiger partial charge in [-0.3, -0.25) is 9.59 Å². The van der Waals surface area contributed by atoms with Crippen LogP contribution in [-0.2, 0) is 4.74 Å². The molecule has 0 saturated carbocycles. The van der Waals surface area contributed by atoms with Gasteiger partial charge in [0.15, 0.2) is 17.3 Å². The number of nitrogens with one attached hydrogen (secondary N) is 2. The number of para-hydroxylation sites is 2. The van der Waals surface area contributed by atoms with E-state index in [1.54, 1.807) is 31.4 Å². The fourth-order valence-corrected chi connectivity index (χ4v) is 5.94. The number of benzene rings is 2. The first-order valence-corrected chi connectivity index (χ1v) is 14.5. The normalized spacial score (nSPS) is 18.1. The van der Waals surface area contributed by atoms with Crippen LogP contribution < -0.4 is 20.8 Å². The number of anilines is 1. The van der Waals surface area contributed by atoms with E-state index in [9.17, 15) is 14.4 Å². The van der Waals surface area contributed by atoms with Gasteiger partial charge in [-0.15, -0.1) is 0 Å². The van der Waals surface area contributed by atoms with Gasteiger partial charge in [-0.2, -0.15) is 0 Å². The zero-order chi connectivity index (χ0) is 29.6. The lowest BCUT2D eigenvalue weighted by molar-refractivity contribution is 0.0502. The first-order chi connectivity index (χ1) is 20.1. The van der Waals surface area contributed by atoms with Crippen LogP contribution in [0.15, 0.2) is 41.3 Å². The Morgan fingerprint density at radius 2 is 1.90 bits per heavy atom. The van der Waals surface area contributed by atoms with E-state index >= 15 is 4.39 Å². The molecule has 4 heterocycles. The Hall–Kier alpha value is -4.12. The number of amides is 2. The lowest BCUT2D eigenvalue weighted by atomic mass is 10.1. The van der Waals surface area contributed by atoms with Crippen LogP contribution in [0, 0.1) is 5.82 Å². The first kappa shape index (κ1) is 28.0. The number of fused-ring (bicyclic) bond motifs is 2. The molecule has 10 nitrogen and oxygen atoms in total. The van der Waals surface area contributed by atoms with Crippen molar-refractivity contribution in [2.24, 2.45) is 0 Å². The largest absolute Gasteiger partial charge is 0.451 e. The third-order valence-corrected chi connectivity index (χ3v) is 7.89. The molecule has 222 valence electrons. The highest BCUT2D eigenvalue weighted by molar-refractivity contribution is 6.01. The van der Waals surface area contributed by atoms with Crippen molar-refractivity contribution in [3.63, 3.8) is 0 Å². The standard InChI is InChI=1S/C31H36FN5O5/c1-31(2,3)42-30(40)34-19-10-14-36(17-19)29(39)21-18-37-23-8-4-5-9-24(23)41-28-25(33-11-15-35-12-6-7-13-35)22(32)16-20(26(28)37)27(21)38/h4-5,8-9,16,18-19,33H,6-7,10-15,17H2,1-3H3,(H,34,40)/t19-/m0/s1. The van der Waals surface area contributed by atoms with Crippen LogP contribution in [0.25, 0.3) is 16.6 Å². The second kappa shape index (κ2) is 10.9. The third kappa shape index (κ3) is 5.40. The van der Waals surface area contributed by atoms with Crippen molar-refractivity contribution in [2.75, 3.05) is 44.6 Å². The van der Waals surface area contributed by atoms with Gasteiger partial charge in [0.2, 0.25) is 5.43 Å². The first-order valence-electron chi connectivity index (χ1n) is 14.5. The molecule has 0 bridgehead atoms. The van der Waals surface area contributed by atoms with Crippen molar-refractivity contribution in [2.45, 2.75) is 51.7 Å². The molecule has 2 fully saturated rings. The molecule has 11 heteroatoms. The third-order valence-electron chi connectivity index (χ3n) is 7.89. The van der Waals surface area contributed by atoms with Gasteiger partial charge in [-0.25, -0.2) is 9.18 Å². The Kier molecular flexibility index (Phi) is 7.30. The lowest BCUT2D eigenvalue weighted by Crippen LogP contribution is -2.41. The maximum absolute atomic E-state index is 15.7. The highest BCUT2D eigenvalue weighted by Gasteiger charge is 2.33. The number of pyridine rings is 1. The van der Waals surface area contributed by atoms with Crippen molar-refractivity contribution in [3.05, 3.63) is 58.1 Å². The molecule has 1 aromatic heterocycles. The quantitative estimate of drug-likeness (QED) is 0.348. The molecule has 2 aromatic carbocycles. The number of carbonyl (C=O) groups is 2. The Morgan fingerprint density at radius 1 is 1.14 bits per heavy atom. The fourth-order valence-electron chi connectivity index (χ4n) is 5.94. The summed E-state index contributed by atoms with van der Waals surface area (Å²) in [5.74, 6) is -0.374. The second-order valence-corrected chi connectivity index (χ2v) is 12.1. The van der Waals surface area contributed by atoms with Crippen molar-refractivity contribution in [3.8, 4) is 17.2 Å². The SMILES string of the molecule is CC(C)(C)OC(=O)N[C@H]1CCN(C(=O)c2cn3c4c(c(NCCN5CCCC5)c(F)cc4c2=O)Oc2ccccc2-3)C1. The molecule has 0 spiro atoms. The van der Waals surface area contributed by atoms with Crippen LogP contribution >= 0.6 is 0 Å². The molecule has 42 heavy (non-hydrogen) atoms. The highest BCUT2D eigenvalue weighted by atomic mass is 19.1. The molecule has 1 atom stereocenters. The molecule has 0 aliphatic carbocycles. The van der Waals surface area contributed by atoms with Gasteiger partial charge in [0.25, 0.3) is 5.91 Å². The number of hydrogen-bond acceptors (Lipinski definition) is 7. The molecule has 6 rings (SSSR count). The smallest absolute Gasteiger partial charge is 0.407 e. The summed E-state index contributed by atoms with van der Waals surface area (Å²) >= 11 is 0. The van der Waals surface area contributed by atoms with Crippen LogP contribution in [0.2, 0.25) is 0 Å². The Labute approximate surface area is 243 Å². The summed E-state index contributed by atoms with van der Waals surface area (Å²) in [7, 11) is 0. The number of aromatic nitrogens is 1. The Morgan fingerprint density at radius 3 is 2.67 bits per heavy atom. The predicted octanol–water partition coefficient (Wildman–Crippen LogP) is 4.48.